The summed E-state index contributed by atoms with van der Waals surface area (Å²) in [6, 6.07) is 5.62. The number of H-pyrrole nitrogens is 1. The van der Waals surface area contributed by atoms with Crippen LogP contribution in [0.15, 0.2) is 29.1 Å². The number of hydrogen-bond acceptors (Lipinski definition) is 6. The molecule has 0 atom stereocenters. The van der Waals surface area contributed by atoms with Gasteiger partial charge in [-0.05, 0) is 12.1 Å². The Hall–Kier alpha value is -2.30. The van der Waals surface area contributed by atoms with E-state index in [1.165, 1.54) is 11.3 Å². The zero-order valence-corrected chi connectivity index (χ0v) is 14.1. The van der Waals surface area contributed by atoms with Gasteiger partial charge >= 0.3 is 6.18 Å². The van der Waals surface area contributed by atoms with Crippen molar-refractivity contribution in [3.8, 4) is 22.0 Å². The summed E-state index contributed by atoms with van der Waals surface area (Å²) in [5.41, 5.74) is 9.07. The van der Waals surface area contributed by atoms with Gasteiger partial charge in [0.25, 0.3) is 0 Å². The highest BCUT2D eigenvalue weighted by Crippen LogP contribution is 2.37. The van der Waals surface area contributed by atoms with Crippen molar-refractivity contribution in [2.45, 2.75) is 12.7 Å². The Kier molecular flexibility index (Phi) is 3.82. The number of nitrogens with zero attached hydrogens (tertiary/aromatic N) is 3. The van der Waals surface area contributed by atoms with E-state index in [0.29, 0.717) is 17.2 Å². The smallest absolute Gasteiger partial charge is 0.340 e. The Morgan fingerprint density at radius 1 is 1.16 bits per heavy atom. The van der Waals surface area contributed by atoms with Crippen LogP contribution in [0.1, 0.15) is 11.5 Å². The summed E-state index contributed by atoms with van der Waals surface area (Å²) in [5.74, 6) is 0.484. The van der Waals surface area contributed by atoms with Crippen molar-refractivity contribution in [1.29, 1.82) is 0 Å². The van der Waals surface area contributed by atoms with Gasteiger partial charge in [0, 0.05) is 10.9 Å². The average molecular weight is 381 g/mol. The number of nitrogens with two attached hydrogens (primary N) is 1. The summed E-state index contributed by atoms with van der Waals surface area (Å²) in [6.45, 7) is 0.146. The normalized spacial score (nSPS) is 12.2. The van der Waals surface area contributed by atoms with E-state index in [4.69, 9.17) is 5.73 Å². The molecule has 0 radical (unpaired) electrons. The summed E-state index contributed by atoms with van der Waals surface area (Å²) in [4.78, 5) is 15.3. The monoisotopic (exact) mass is 381 g/mol. The molecule has 5 nitrogen and oxygen atoms in total. The first kappa shape index (κ1) is 16.2. The van der Waals surface area contributed by atoms with Crippen LogP contribution >= 0.6 is 22.7 Å². The zero-order chi connectivity index (χ0) is 17.6. The molecule has 0 spiro atoms. The van der Waals surface area contributed by atoms with Gasteiger partial charge in [-0.2, -0.15) is 13.2 Å². The maximum atomic E-state index is 12.8. The summed E-state index contributed by atoms with van der Waals surface area (Å²) >= 11 is 2.39. The van der Waals surface area contributed by atoms with Gasteiger partial charge in [0.2, 0.25) is 0 Å². The molecule has 0 saturated heterocycles. The van der Waals surface area contributed by atoms with Gasteiger partial charge < -0.3 is 10.7 Å². The lowest BCUT2D eigenvalue weighted by molar-refractivity contribution is -0.140. The number of rotatable bonds is 3. The Morgan fingerprint density at radius 2 is 2.00 bits per heavy atom. The fourth-order valence-electron chi connectivity index (χ4n) is 2.41. The number of hydrogen-bond donors (Lipinski definition) is 2. The molecule has 0 bridgehead atoms. The Labute approximate surface area is 147 Å². The minimum atomic E-state index is -4.48. The predicted octanol–water partition coefficient (Wildman–Crippen LogP) is 4.29. The van der Waals surface area contributed by atoms with Gasteiger partial charge in [0.1, 0.15) is 16.5 Å². The zero-order valence-electron chi connectivity index (χ0n) is 12.5. The molecule has 0 unspecified atom stereocenters. The van der Waals surface area contributed by atoms with E-state index in [1.807, 2.05) is 18.2 Å². The molecule has 3 aromatic heterocycles. The van der Waals surface area contributed by atoms with Crippen LogP contribution in [0, 0.1) is 0 Å². The van der Waals surface area contributed by atoms with Crippen molar-refractivity contribution in [3.05, 3.63) is 40.6 Å². The van der Waals surface area contributed by atoms with E-state index in [0.717, 1.165) is 32.5 Å². The molecule has 128 valence electrons. The fraction of sp³-hybridized carbons (Fsp3) is 0.133. The number of halogens is 3. The quantitative estimate of drug-likeness (QED) is 0.555. The molecule has 0 saturated carbocycles. The average Bonchev–Trinajstić information content (AvgIpc) is 3.30. The molecule has 0 aliphatic carbocycles. The molecule has 3 N–H and O–H groups in total. The lowest BCUT2D eigenvalue weighted by Crippen LogP contribution is -2.04. The molecule has 0 aliphatic rings. The maximum absolute atomic E-state index is 12.8. The van der Waals surface area contributed by atoms with E-state index in [1.54, 1.807) is 5.51 Å². The number of thiazole rings is 2. The van der Waals surface area contributed by atoms with Crippen molar-refractivity contribution in [2.24, 2.45) is 5.73 Å². The highest BCUT2D eigenvalue weighted by Gasteiger charge is 2.34. The molecule has 0 amide bonds. The van der Waals surface area contributed by atoms with E-state index >= 15 is 0 Å². The Bertz CT molecular complexity index is 1050. The van der Waals surface area contributed by atoms with E-state index in [-0.39, 0.29) is 11.6 Å². The van der Waals surface area contributed by atoms with Crippen molar-refractivity contribution in [1.82, 2.24) is 19.9 Å². The summed E-state index contributed by atoms with van der Waals surface area (Å²) in [7, 11) is 0. The SMILES string of the molecule is NCc1nc(-c2nc(C(F)(F)F)cs2)c(-c2ccc3ncsc3c2)[nH]1. The number of aromatic nitrogens is 4. The lowest BCUT2D eigenvalue weighted by atomic mass is 10.1. The van der Waals surface area contributed by atoms with Crippen molar-refractivity contribution < 1.29 is 13.2 Å². The van der Waals surface area contributed by atoms with Crippen LogP contribution in [0.25, 0.3) is 32.2 Å². The van der Waals surface area contributed by atoms with E-state index in [2.05, 4.69) is 19.9 Å². The topological polar surface area (TPSA) is 80.5 Å². The van der Waals surface area contributed by atoms with Crippen LogP contribution in [0.3, 0.4) is 0 Å². The second kappa shape index (κ2) is 5.90. The second-order valence-electron chi connectivity index (χ2n) is 5.18. The summed E-state index contributed by atoms with van der Waals surface area (Å²) in [5, 5.41) is 1.19. The molecule has 0 fully saturated rings. The number of benzene rings is 1. The number of alkyl halides is 3. The van der Waals surface area contributed by atoms with Gasteiger partial charge in [-0.1, -0.05) is 6.07 Å². The standard InChI is InChI=1S/C15H10F3N5S2/c16-15(17,18)10-5-24-14(21-10)13-12(22-11(4-19)23-13)7-1-2-8-9(3-7)25-6-20-8/h1-3,5-6H,4,19H2,(H,22,23). The third-order valence-electron chi connectivity index (χ3n) is 3.56. The third-order valence-corrected chi connectivity index (χ3v) is 5.20. The fourth-order valence-corrected chi connectivity index (χ4v) is 3.94. The van der Waals surface area contributed by atoms with Gasteiger partial charge in [-0.25, -0.2) is 15.0 Å². The molecule has 10 heteroatoms. The van der Waals surface area contributed by atoms with Crippen molar-refractivity contribution in [2.75, 3.05) is 0 Å². The Balaban J connectivity index is 1.85. The van der Waals surface area contributed by atoms with Crippen LogP contribution in [0.5, 0.6) is 0 Å². The molecule has 25 heavy (non-hydrogen) atoms. The van der Waals surface area contributed by atoms with Gasteiger partial charge in [0.15, 0.2) is 5.69 Å². The number of nitrogens with one attached hydrogen (secondary N) is 1. The van der Waals surface area contributed by atoms with Crippen LogP contribution in [0.4, 0.5) is 13.2 Å². The highest BCUT2D eigenvalue weighted by molar-refractivity contribution is 7.16. The van der Waals surface area contributed by atoms with E-state index in [9.17, 15) is 13.2 Å². The largest absolute Gasteiger partial charge is 0.434 e. The molecular weight excluding hydrogens is 371 g/mol. The first-order valence-electron chi connectivity index (χ1n) is 7.11. The van der Waals surface area contributed by atoms with Crippen LogP contribution < -0.4 is 5.73 Å². The van der Waals surface area contributed by atoms with Crippen molar-refractivity contribution in [3.63, 3.8) is 0 Å². The van der Waals surface area contributed by atoms with Gasteiger partial charge in [0.05, 0.1) is 28.0 Å². The second-order valence-corrected chi connectivity index (χ2v) is 6.93. The van der Waals surface area contributed by atoms with Crippen LogP contribution in [-0.4, -0.2) is 19.9 Å². The first-order valence-corrected chi connectivity index (χ1v) is 8.87. The number of imidazole rings is 1. The van der Waals surface area contributed by atoms with Gasteiger partial charge in [-0.3, -0.25) is 0 Å². The van der Waals surface area contributed by atoms with Crippen LogP contribution in [-0.2, 0) is 12.7 Å². The molecular formula is C15H10F3N5S2. The highest BCUT2D eigenvalue weighted by atomic mass is 32.1. The summed E-state index contributed by atoms with van der Waals surface area (Å²) in [6.07, 6.45) is -4.48. The lowest BCUT2D eigenvalue weighted by Gasteiger charge is -2.02. The molecule has 1 aromatic carbocycles. The number of aromatic amines is 1. The summed E-state index contributed by atoms with van der Waals surface area (Å²) < 4.78 is 39.5. The molecule has 3 heterocycles. The van der Waals surface area contributed by atoms with E-state index < -0.39 is 11.9 Å². The minimum Gasteiger partial charge on any atom is -0.340 e. The first-order chi connectivity index (χ1) is 12.0. The van der Waals surface area contributed by atoms with Gasteiger partial charge in [-0.15, -0.1) is 22.7 Å². The molecule has 4 rings (SSSR count). The maximum Gasteiger partial charge on any atom is 0.434 e. The minimum absolute atomic E-state index is 0.146. The number of fused-ring (bicyclic) bond motifs is 1. The third kappa shape index (κ3) is 2.92. The Morgan fingerprint density at radius 3 is 2.72 bits per heavy atom. The predicted molar refractivity (Wildman–Crippen MR) is 91.2 cm³/mol. The molecule has 4 aromatic rings. The molecule has 0 aliphatic heterocycles. The van der Waals surface area contributed by atoms with Crippen molar-refractivity contribution >= 4 is 32.9 Å². The van der Waals surface area contributed by atoms with Crippen LogP contribution in [0.2, 0.25) is 0 Å².